The van der Waals surface area contributed by atoms with Gasteiger partial charge in [0.25, 0.3) is 0 Å². The molecular weight excluding hydrogens is 210 g/mol. The lowest BCUT2D eigenvalue weighted by Crippen LogP contribution is -2.28. The van der Waals surface area contributed by atoms with Gasteiger partial charge >= 0.3 is 0 Å². The standard InChI is InChI=1S/C14H25N3/c1-4-7-17-11-16-9-13(17)8-15-10-14(5-6-14)12(2)3/h9,11-12,15H,4-8,10H2,1-3H3. The molecule has 1 fully saturated rings. The number of hydrogen-bond donors (Lipinski definition) is 1. The number of aromatic nitrogens is 2. The van der Waals surface area contributed by atoms with Gasteiger partial charge in [-0.15, -0.1) is 0 Å². The maximum absolute atomic E-state index is 4.23. The number of hydrogen-bond acceptors (Lipinski definition) is 2. The molecule has 1 aliphatic rings. The van der Waals surface area contributed by atoms with Crippen LogP contribution in [0.1, 0.15) is 45.7 Å². The van der Waals surface area contributed by atoms with Gasteiger partial charge in [0.15, 0.2) is 0 Å². The first-order valence-corrected chi connectivity index (χ1v) is 6.87. The van der Waals surface area contributed by atoms with Crippen molar-refractivity contribution in [3.63, 3.8) is 0 Å². The largest absolute Gasteiger partial charge is 0.333 e. The Hall–Kier alpha value is -0.830. The first-order chi connectivity index (χ1) is 8.18. The van der Waals surface area contributed by atoms with E-state index in [2.05, 4.69) is 35.6 Å². The second-order valence-corrected chi connectivity index (χ2v) is 5.70. The molecule has 0 amide bonds. The van der Waals surface area contributed by atoms with Crippen LogP contribution in [0.15, 0.2) is 12.5 Å². The van der Waals surface area contributed by atoms with Crippen molar-refractivity contribution in [2.24, 2.45) is 11.3 Å². The van der Waals surface area contributed by atoms with Crippen LogP contribution >= 0.6 is 0 Å². The van der Waals surface area contributed by atoms with E-state index in [0.29, 0.717) is 5.41 Å². The third kappa shape index (κ3) is 2.89. The van der Waals surface area contributed by atoms with Crippen LogP contribution in [0.3, 0.4) is 0 Å². The first kappa shape index (κ1) is 12.6. The van der Waals surface area contributed by atoms with Crippen molar-refractivity contribution in [2.45, 2.75) is 53.1 Å². The monoisotopic (exact) mass is 235 g/mol. The number of rotatable bonds is 7. The molecule has 1 aromatic rings. The average molecular weight is 235 g/mol. The molecule has 1 aromatic heterocycles. The first-order valence-electron chi connectivity index (χ1n) is 6.87. The molecule has 0 unspecified atom stereocenters. The molecular formula is C14H25N3. The van der Waals surface area contributed by atoms with E-state index in [4.69, 9.17) is 0 Å². The Kier molecular flexibility index (Phi) is 3.87. The summed E-state index contributed by atoms with van der Waals surface area (Å²) in [5.74, 6) is 0.801. The summed E-state index contributed by atoms with van der Waals surface area (Å²) in [6.07, 6.45) is 7.88. The molecule has 0 atom stereocenters. The van der Waals surface area contributed by atoms with Gasteiger partial charge in [-0.1, -0.05) is 20.8 Å². The highest BCUT2D eigenvalue weighted by molar-refractivity contribution is 5.01. The lowest BCUT2D eigenvalue weighted by Gasteiger charge is -2.20. The van der Waals surface area contributed by atoms with Crippen molar-refractivity contribution in [3.05, 3.63) is 18.2 Å². The molecule has 1 N–H and O–H groups in total. The number of nitrogens with one attached hydrogen (secondary N) is 1. The molecule has 0 spiro atoms. The Morgan fingerprint density at radius 3 is 2.82 bits per heavy atom. The van der Waals surface area contributed by atoms with Gasteiger partial charge in [0, 0.05) is 25.8 Å². The highest BCUT2D eigenvalue weighted by Crippen LogP contribution is 2.51. The predicted molar refractivity (Wildman–Crippen MR) is 70.7 cm³/mol. The topological polar surface area (TPSA) is 29.9 Å². The minimum absolute atomic E-state index is 0.593. The van der Waals surface area contributed by atoms with Crippen LogP contribution in [0.4, 0.5) is 0 Å². The Morgan fingerprint density at radius 2 is 2.24 bits per heavy atom. The van der Waals surface area contributed by atoms with E-state index < -0.39 is 0 Å². The third-order valence-corrected chi connectivity index (χ3v) is 4.16. The second kappa shape index (κ2) is 5.21. The highest BCUT2D eigenvalue weighted by atomic mass is 15.1. The maximum Gasteiger partial charge on any atom is 0.0948 e. The summed E-state index contributed by atoms with van der Waals surface area (Å²) in [6, 6.07) is 0. The summed E-state index contributed by atoms with van der Waals surface area (Å²) in [6.45, 7) is 10.1. The number of nitrogens with zero attached hydrogens (tertiary/aromatic N) is 2. The van der Waals surface area contributed by atoms with E-state index in [0.717, 1.165) is 25.6 Å². The molecule has 96 valence electrons. The second-order valence-electron chi connectivity index (χ2n) is 5.70. The molecule has 1 saturated carbocycles. The van der Waals surface area contributed by atoms with Crippen LogP contribution in [0.25, 0.3) is 0 Å². The summed E-state index contributed by atoms with van der Waals surface area (Å²) in [5.41, 5.74) is 1.90. The Balaban J connectivity index is 1.80. The summed E-state index contributed by atoms with van der Waals surface area (Å²) in [4.78, 5) is 4.23. The molecule has 0 aromatic carbocycles. The van der Waals surface area contributed by atoms with Crippen molar-refractivity contribution in [1.82, 2.24) is 14.9 Å². The van der Waals surface area contributed by atoms with E-state index in [1.807, 2.05) is 12.5 Å². The van der Waals surface area contributed by atoms with Gasteiger partial charge in [0.05, 0.1) is 12.0 Å². The van der Waals surface area contributed by atoms with Gasteiger partial charge in [0.2, 0.25) is 0 Å². The van der Waals surface area contributed by atoms with Crippen molar-refractivity contribution in [1.29, 1.82) is 0 Å². The molecule has 0 saturated heterocycles. The summed E-state index contributed by atoms with van der Waals surface area (Å²) < 4.78 is 2.25. The van der Waals surface area contributed by atoms with Crippen LogP contribution < -0.4 is 5.32 Å². The van der Waals surface area contributed by atoms with Gasteiger partial charge in [0.1, 0.15) is 0 Å². The fraction of sp³-hybridized carbons (Fsp3) is 0.786. The predicted octanol–water partition coefficient (Wildman–Crippen LogP) is 2.82. The van der Waals surface area contributed by atoms with Crippen molar-refractivity contribution >= 4 is 0 Å². The van der Waals surface area contributed by atoms with Crippen LogP contribution in [-0.4, -0.2) is 16.1 Å². The van der Waals surface area contributed by atoms with Gasteiger partial charge < -0.3 is 9.88 Å². The zero-order valence-corrected chi connectivity index (χ0v) is 11.4. The Morgan fingerprint density at radius 1 is 1.47 bits per heavy atom. The van der Waals surface area contributed by atoms with Gasteiger partial charge in [-0.25, -0.2) is 4.98 Å². The van der Waals surface area contributed by atoms with E-state index in [9.17, 15) is 0 Å². The minimum atomic E-state index is 0.593. The molecule has 17 heavy (non-hydrogen) atoms. The molecule has 3 heteroatoms. The van der Waals surface area contributed by atoms with E-state index in [-0.39, 0.29) is 0 Å². The molecule has 0 bridgehead atoms. The van der Waals surface area contributed by atoms with Crippen molar-refractivity contribution < 1.29 is 0 Å². The molecule has 1 heterocycles. The average Bonchev–Trinajstić information content (AvgIpc) is 2.96. The smallest absolute Gasteiger partial charge is 0.0948 e. The summed E-state index contributed by atoms with van der Waals surface area (Å²) >= 11 is 0. The molecule has 0 aliphatic heterocycles. The van der Waals surface area contributed by atoms with Crippen LogP contribution in [0.5, 0.6) is 0 Å². The van der Waals surface area contributed by atoms with E-state index >= 15 is 0 Å². The lowest BCUT2D eigenvalue weighted by molar-refractivity contribution is 0.336. The van der Waals surface area contributed by atoms with Crippen molar-refractivity contribution in [2.75, 3.05) is 6.54 Å². The SMILES string of the molecule is CCCn1cncc1CNCC1(C(C)C)CC1. The fourth-order valence-corrected chi connectivity index (χ4v) is 2.50. The van der Waals surface area contributed by atoms with Crippen LogP contribution in [0.2, 0.25) is 0 Å². The van der Waals surface area contributed by atoms with Crippen LogP contribution in [-0.2, 0) is 13.1 Å². The van der Waals surface area contributed by atoms with Crippen LogP contribution in [0, 0.1) is 11.3 Å². The quantitative estimate of drug-likeness (QED) is 0.787. The Bertz CT molecular complexity index is 350. The molecule has 2 rings (SSSR count). The molecule has 3 nitrogen and oxygen atoms in total. The summed E-state index contributed by atoms with van der Waals surface area (Å²) in [7, 11) is 0. The zero-order valence-electron chi connectivity index (χ0n) is 11.4. The van der Waals surface area contributed by atoms with Gasteiger partial charge in [-0.3, -0.25) is 0 Å². The van der Waals surface area contributed by atoms with Crippen molar-refractivity contribution in [3.8, 4) is 0 Å². The molecule has 1 aliphatic carbocycles. The highest BCUT2D eigenvalue weighted by Gasteiger charge is 2.44. The van der Waals surface area contributed by atoms with E-state index in [1.165, 1.54) is 25.0 Å². The molecule has 0 radical (unpaired) electrons. The van der Waals surface area contributed by atoms with E-state index in [1.54, 1.807) is 0 Å². The fourth-order valence-electron chi connectivity index (χ4n) is 2.50. The lowest BCUT2D eigenvalue weighted by atomic mass is 9.92. The maximum atomic E-state index is 4.23. The third-order valence-electron chi connectivity index (χ3n) is 4.16. The summed E-state index contributed by atoms with van der Waals surface area (Å²) in [5, 5.41) is 3.61. The Labute approximate surface area is 105 Å². The van der Waals surface area contributed by atoms with Gasteiger partial charge in [-0.2, -0.15) is 0 Å². The number of aryl methyl sites for hydroxylation is 1. The minimum Gasteiger partial charge on any atom is -0.333 e. The number of imidazole rings is 1. The normalized spacial score (nSPS) is 17.6. The zero-order chi connectivity index (χ0) is 12.3. The van der Waals surface area contributed by atoms with Gasteiger partial charge in [-0.05, 0) is 30.6 Å².